The Labute approximate surface area is 191 Å². The average Bonchev–Trinajstić information content (AvgIpc) is 2.76. The van der Waals surface area contributed by atoms with Crippen LogP contribution in [0, 0.1) is 5.92 Å². The first-order valence-electron chi connectivity index (χ1n) is 12.6. The highest BCUT2D eigenvalue weighted by atomic mass is 16.5. The third kappa shape index (κ3) is 14.2. The molecular weight excluding hydrogens is 392 g/mol. The van der Waals surface area contributed by atoms with Crippen molar-refractivity contribution in [1.29, 1.82) is 0 Å². The number of ether oxygens (including phenoxy) is 2. The van der Waals surface area contributed by atoms with Gasteiger partial charge in [0.25, 0.3) is 0 Å². The summed E-state index contributed by atoms with van der Waals surface area (Å²) in [5.74, 6) is 1.08. The maximum atomic E-state index is 11.3. The van der Waals surface area contributed by atoms with E-state index < -0.39 is 0 Å². The van der Waals surface area contributed by atoms with Gasteiger partial charge in [-0.2, -0.15) is 0 Å². The summed E-state index contributed by atoms with van der Waals surface area (Å²) in [4.78, 5) is 18.7. The zero-order valence-corrected chi connectivity index (χ0v) is 21.0. The number of Topliss-reactive ketones (excluding diaryl/α,β-unsaturated/α-hetero) is 1. The monoisotopic (exact) mass is 442 g/mol. The van der Waals surface area contributed by atoms with Crippen LogP contribution >= 0.6 is 0 Å². The van der Waals surface area contributed by atoms with Crippen molar-refractivity contribution >= 4 is 5.78 Å². The molecule has 2 aliphatic rings. The lowest BCUT2D eigenvalue weighted by molar-refractivity contribution is -0.118. The highest BCUT2D eigenvalue weighted by Crippen LogP contribution is 2.19. The summed E-state index contributed by atoms with van der Waals surface area (Å²) in [7, 11) is 0. The predicted octanol–water partition coefficient (Wildman–Crippen LogP) is 1.96. The fourth-order valence-corrected chi connectivity index (χ4v) is 4.14. The van der Waals surface area contributed by atoms with Crippen LogP contribution in [-0.4, -0.2) is 118 Å². The molecule has 2 heterocycles. The average molecular weight is 443 g/mol. The Morgan fingerprint density at radius 1 is 0.871 bits per heavy atom. The molecule has 0 saturated carbocycles. The molecule has 0 radical (unpaired) electrons. The van der Waals surface area contributed by atoms with Gasteiger partial charge < -0.3 is 19.7 Å². The Morgan fingerprint density at radius 3 is 2.03 bits per heavy atom. The molecule has 0 bridgehead atoms. The Balaban J connectivity index is 0.00000233. The summed E-state index contributed by atoms with van der Waals surface area (Å²) in [6, 6.07) is 0.515. The largest absolute Gasteiger partial charge is 0.378 e. The summed E-state index contributed by atoms with van der Waals surface area (Å²) in [5.41, 5.74) is 0. The zero-order valence-electron chi connectivity index (χ0n) is 21.0. The molecule has 2 rings (SSSR count). The third-order valence-electron chi connectivity index (χ3n) is 5.86. The molecule has 7 heteroatoms. The van der Waals surface area contributed by atoms with Gasteiger partial charge in [0.15, 0.2) is 0 Å². The molecule has 2 fully saturated rings. The molecule has 0 aromatic rings. The van der Waals surface area contributed by atoms with E-state index in [0.717, 1.165) is 58.4 Å². The molecule has 31 heavy (non-hydrogen) atoms. The van der Waals surface area contributed by atoms with Crippen LogP contribution in [0.15, 0.2) is 0 Å². The lowest BCUT2D eigenvalue weighted by Crippen LogP contribution is -2.49. The van der Waals surface area contributed by atoms with E-state index in [1.165, 1.54) is 32.5 Å². The number of nitrogens with one attached hydrogen (secondary N) is 1. The zero-order chi connectivity index (χ0) is 22.9. The fourth-order valence-electron chi connectivity index (χ4n) is 4.14. The number of hydrogen-bond acceptors (Lipinski definition) is 7. The molecule has 184 valence electrons. The molecule has 0 aromatic heterocycles. The van der Waals surface area contributed by atoms with Crippen LogP contribution in [0.5, 0.6) is 0 Å². The van der Waals surface area contributed by atoms with E-state index in [4.69, 9.17) is 9.47 Å². The number of piperazine rings is 1. The number of ketones is 1. The second kappa shape index (κ2) is 17.9. The van der Waals surface area contributed by atoms with Crippen LogP contribution in [-0.2, 0) is 14.3 Å². The van der Waals surface area contributed by atoms with Gasteiger partial charge in [0.1, 0.15) is 5.78 Å². The van der Waals surface area contributed by atoms with E-state index in [9.17, 15) is 4.79 Å². The minimum Gasteiger partial charge on any atom is -0.378 e. The van der Waals surface area contributed by atoms with Crippen molar-refractivity contribution in [3.8, 4) is 0 Å². The van der Waals surface area contributed by atoms with Crippen LogP contribution in [0.25, 0.3) is 0 Å². The summed E-state index contributed by atoms with van der Waals surface area (Å²) < 4.78 is 11.3. The molecule has 2 aliphatic heterocycles. The number of hydrogen-bond donors (Lipinski definition) is 1. The summed E-state index contributed by atoms with van der Waals surface area (Å²) in [6.45, 7) is 23.4. The molecule has 0 unspecified atom stereocenters. The first-order chi connectivity index (χ1) is 15.0. The van der Waals surface area contributed by atoms with Crippen LogP contribution < -0.4 is 5.32 Å². The van der Waals surface area contributed by atoms with Gasteiger partial charge >= 0.3 is 0 Å². The highest BCUT2D eigenvalue weighted by molar-refractivity contribution is 5.77. The van der Waals surface area contributed by atoms with E-state index in [1.54, 1.807) is 6.92 Å². The van der Waals surface area contributed by atoms with Crippen LogP contribution in [0.4, 0.5) is 0 Å². The van der Waals surface area contributed by atoms with Crippen LogP contribution in [0.2, 0.25) is 0 Å². The lowest BCUT2D eigenvalue weighted by Gasteiger charge is -2.38. The van der Waals surface area contributed by atoms with Crippen molar-refractivity contribution in [2.45, 2.75) is 53.5 Å². The van der Waals surface area contributed by atoms with Crippen LogP contribution in [0.1, 0.15) is 47.5 Å². The van der Waals surface area contributed by atoms with Crippen LogP contribution in [0.3, 0.4) is 0 Å². The number of rotatable bonds is 14. The van der Waals surface area contributed by atoms with Crippen molar-refractivity contribution < 1.29 is 14.3 Å². The Morgan fingerprint density at radius 2 is 1.45 bits per heavy atom. The molecule has 0 aromatic carbocycles. The maximum absolute atomic E-state index is 11.3. The Hall–Kier alpha value is -0.570. The van der Waals surface area contributed by atoms with Gasteiger partial charge in [-0.05, 0) is 38.8 Å². The Kier molecular flexibility index (Phi) is 16.5. The van der Waals surface area contributed by atoms with Gasteiger partial charge in [-0.25, -0.2) is 0 Å². The van der Waals surface area contributed by atoms with E-state index in [1.807, 2.05) is 13.8 Å². The number of carbonyl (C=O) groups is 1. The van der Waals surface area contributed by atoms with E-state index in [-0.39, 0.29) is 5.78 Å². The highest BCUT2D eigenvalue weighted by Gasteiger charge is 2.24. The van der Waals surface area contributed by atoms with Crippen molar-refractivity contribution in [2.75, 3.05) is 91.9 Å². The molecule has 7 nitrogen and oxygen atoms in total. The standard InChI is InChI=1S/C22H44N4O3.C2H6/c1-20(2)23-6-14-28-16-17-29-15-13-24-9-11-26(12-10-24)19-22-4-7-25(8-5-22)18-21(3)27;1-2/h20,22-23H,4-19H2,1-3H3;1-2H3. The fraction of sp³-hybridized carbons (Fsp3) is 0.958. The first kappa shape index (κ1) is 28.5. The smallest absolute Gasteiger partial charge is 0.143 e. The van der Waals surface area contributed by atoms with Gasteiger partial charge in [-0.15, -0.1) is 0 Å². The van der Waals surface area contributed by atoms with E-state index in [2.05, 4.69) is 33.9 Å². The number of nitrogens with zero attached hydrogens (tertiary/aromatic N) is 3. The predicted molar refractivity (Wildman–Crippen MR) is 129 cm³/mol. The molecule has 0 atom stereocenters. The van der Waals surface area contributed by atoms with Crippen molar-refractivity contribution in [3.63, 3.8) is 0 Å². The van der Waals surface area contributed by atoms with Crippen molar-refractivity contribution in [3.05, 3.63) is 0 Å². The molecule has 0 amide bonds. The van der Waals surface area contributed by atoms with E-state index in [0.29, 0.717) is 25.8 Å². The normalized spacial score (nSPS) is 19.4. The summed E-state index contributed by atoms with van der Waals surface area (Å²) >= 11 is 0. The number of piperidine rings is 1. The van der Waals surface area contributed by atoms with Gasteiger partial charge in [-0.3, -0.25) is 14.6 Å². The van der Waals surface area contributed by atoms with Gasteiger partial charge in [-0.1, -0.05) is 27.7 Å². The summed E-state index contributed by atoms with van der Waals surface area (Å²) in [6.07, 6.45) is 2.47. The molecule has 0 aliphatic carbocycles. The molecular formula is C24H50N4O3. The van der Waals surface area contributed by atoms with Gasteiger partial charge in [0.2, 0.25) is 0 Å². The second-order valence-electron chi connectivity index (χ2n) is 8.90. The second-order valence-corrected chi connectivity index (χ2v) is 8.90. The number of likely N-dealkylation sites (tertiary alicyclic amines) is 1. The van der Waals surface area contributed by atoms with Crippen molar-refractivity contribution in [1.82, 2.24) is 20.0 Å². The maximum Gasteiger partial charge on any atom is 0.143 e. The van der Waals surface area contributed by atoms with Gasteiger partial charge in [0, 0.05) is 51.9 Å². The molecule has 1 N–H and O–H groups in total. The topological polar surface area (TPSA) is 57.3 Å². The molecule has 2 saturated heterocycles. The first-order valence-corrected chi connectivity index (χ1v) is 12.6. The van der Waals surface area contributed by atoms with Gasteiger partial charge in [0.05, 0.1) is 33.0 Å². The number of carbonyl (C=O) groups excluding carboxylic acids is 1. The lowest BCUT2D eigenvalue weighted by atomic mass is 9.96. The minimum absolute atomic E-state index is 0.287. The minimum atomic E-state index is 0.287. The Bertz CT molecular complexity index is 435. The SMILES string of the molecule is CC.CC(=O)CN1CCC(CN2CCN(CCOCCOCCNC(C)C)CC2)CC1. The van der Waals surface area contributed by atoms with E-state index >= 15 is 0 Å². The molecule has 0 spiro atoms. The third-order valence-corrected chi connectivity index (χ3v) is 5.86. The van der Waals surface area contributed by atoms with Crippen molar-refractivity contribution in [2.24, 2.45) is 5.92 Å². The summed E-state index contributed by atoms with van der Waals surface area (Å²) in [5, 5.41) is 3.34. The quantitative estimate of drug-likeness (QED) is 0.413.